The molecule has 7 nitrogen and oxygen atoms in total. The fourth-order valence-electron chi connectivity index (χ4n) is 4.01. The molecule has 2 aromatic heterocycles. The van der Waals surface area contributed by atoms with Crippen LogP contribution in [0.5, 0.6) is 5.75 Å². The van der Waals surface area contributed by atoms with Crippen LogP contribution in [0.1, 0.15) is 18.5 Å². The van der Waals surface area contributed by atoms with Crippen molar-refractivity contribution in [3.8, 4) is 5.75 Å². The summed E-state index contributed by atoms with van der Waals surface area (Å²) < 4.78 is 7.33. The van der Waals surface area contributed by atoms with Gasteiger partial charge in [0.25, 0.3) is 5.56 Å². The highest BCUT2D eigenvalue weighted by atomic mass is 35.5. The quantitative estimate of drug-likeness (QED) is 0.765. The van der Waals surface area contributed by atoms with Crippen molar-refractivity contribution in [1.29, 1.82) is 0 Å². The molecule has 0 bridgehead atoms. The number of nitrogens with zero attached hydrogens (tertiary/aromatic N) is 3. The van der Waals surface area contributed by atoms with E-state index in [0.29, 0.717) is 35.3 Å². The number of aromatic nitrogens is 3. The van der Waals surface area contributed by atoms with Crippen molar-refractivity contribution in [3.05, 3.63) is 69.8 Å². The maximum atomic E-state index is 12.9. The van der Waals surface area contributed by atoms with Gasteiger partial charge in [-0.15, -0.1) is 0 Å². The van der Waals surface area contributed by atoms with Crippen molar-refractivity contribution in [1.82, 2.24) is 14.8 Å². The second-order valence-electron chi connectivity index (χ2n) is 7.84. The molecule has 2 aromatic rings. The number of halogens is 1. The molecule has 3 atom stereocenters. The lowest BCUT2D eigenvalue weighted by atomic mass is 9.82. The zero-order chi connectivity index (χ0) is 21.3. The molecule has 30 heavy (non-hydrogen) atoms. The summed E-state index contributed by atoms with van der Waals surface area (Å²) >= 11 is 5.87. The van der Waals surface area contributed by atoms with Crippen LogP contribution in [-0.4, -0.2) is 27.3 Å². The summed E-state index contributed by atoms with van der Waals surface area (Å²) in [5.74, 6) is 0.803. The summed E-state index contributed by atoms with van der Waals surface area (Å²) in [7, 11) is 1.60. The minimum atomic E-state index is -0.342. The van der Waals surface area contributed by atoms with Crippen LogP contribution in [0.2, 0.25) is 5.02 Å². The predicted octanol–water partition coefficient (Wildman–Crippen LogP) is 3.29. The van der Waals surface area contributed by atoms with Gasteiger partial charge in [-0.25, -0.2) is 9.67 Å². The average molecular weight is 427 g/mol. The third-order valence-corrected chi connectivity index (χ3v) is 6.08. The Balaban J connectivity index is 1.52. The number of anilines is 1. The van der Waals surface area contributed by atoms with E-state index in [-0.39, 0.29) is 28.7 Å². The molecule has 1 amide bonds. The highest BCUT2D eigenvalue weighted by Gasteiger charge is 2.62. The Bertz CT molecular complexity index is 1080. The molecule has 0 aliphatic heterocycles. The Morgan fingerprint density at radius 2 is 2.23 bits per heavy atom. The summed E-state index contributed by atoms with van der Waals surface area (Å²) in [6.07, 6.45) is 11.3. The summed E-state index contributed by atoms with van der Waals surface area (Å²) in [6, 6.07) is 4.81. The summed E-state index contributed by atoms with van der Waals surface area (Å²) in [5.41, 5.74) is 0.0630. The number of carbonyl (C=O) groups excluding carboxylic acids is 1. The monoisotopic (exact) mass is 426 g/mol. The van der Waals surface area contributed by atoms with E-state index in [4.69, 9.17) is 16.3 Å². The molecule has 1 unspecified atom stereocenters. The summed E-state index contributed by atoms with van der Waals surface area (Å²) in [6.45, 7) is 2.13. The van der Waals surface area contributed by atoms with Crippen LogP contribution >= 0.6 is 11.6 Å². The number of hydrogen-bond donors (Lipinski definition) is 1. The molecular weight excluding hydrogens is 404 g/mol. The van der Waals surface area contributed by atoms with Crippen molar-refractivity contribution in [2.45, 2.75) is 19.8 Å². The SMILES string of the molecule is Cc1nn(C)c(=O)cc1OC[C@@]1(C2C=CC=CC2)C[C@H]1C(=O)Nc1ccc(Cl)cn1. The topological polar surface area (TPSA) is 86.1 Å². The minimum Gasteiger partial charge on any atom is -0.491 e. The lowest BCUT2D eigenvalue weighted by Crippen LogP contribution is -2.30. The van der Waals surface area contributed by atoms with E-state index in [1.54, 1.807) is 26.1 Å². The molecule has 1 N–H and O–H groups in total. The van der Waals surface area contributed by atoms with Gasteiger partial charge in [0, 0.05) is 30.6 Å². The fraction of sp³-hybridized carbons (Fsp3) is 0.364. The average Bonchev–Trinajstić information content (AvgIpc) is 3.48. The number of amides is 1. The first kappa shape index (κ1) is 20.3. The van der Waals surface area contributed by atoms with Crippen LogP contribution < -0.4 is 15.6 Å². The van der Waals surface area contributed by atoms with Gasteiger partial charge in [-0.2, -0.15) is 5.10 Å². The third kappa shape index (κ3) is 4.03. The lowest BCUT2D eigenvalue weighted by molar-refractivity contribution is -0.118. The Hall–Kier alpha value is -2.93. The highest BCUT2D eigenvalue weighted by Crippen LogP contribution is 2.60. The predicted molar refractivity (Wildman–Crippen MR) is 115 cm³/mol. The van der Waals surface area contributed by atoms with Gasteiger partial charge >= 0.3 is 0 Å². The molecule has 0 aromatic carbocycles. The van der Waals surface area contributed by atoms with Gasteiger partial charge in [-0.1, -0.05) is 35.9 Å². The third-order valence-electron chi connectivity index (χ3n) is 5.86. The van der Waals surface area contributed by atoms with Crippen LogP contribution in [0.3, 0.4) is 0 Å². The number of pyridine rings is 1. The molecule has 8 heteroatoms. The van der Waals surface area contributed by atoms with Crippen LogP contribution in [0.4, 0.5) is 5.82 Å². The molecule has 0 saturated heterocycles. The van der Waals surface area contributed by atoms with Crippen LogP contribution in [0, 0.1) is 24.2 Å². The van der Waals surface area contributed by atoms with Gasteiger partial charge in [0.2, 0.25) is 5.91 Å². The van der Waals surface area contributed by atoms with Gasteiger partial charge in [0.05, 0.1) is 11.6 Å². The van der Waals surface area contributed by atoms with Gasteiger partial charge in [0.1, 0.15) is 17.3 Å². The molecule has 156 valence electrons. The number of rotatable bonds is 6. The van der Waals surface area contributed by atoms with Crippen molar-refractivity contribution < 1.29 is 9.53 Å². The zero-order valence-electron chi connectivity index (χ0n) is 16.8. The number of nitrogens with one attached hydrogen (secondary N) is 1. The molecule has 0 spiro atoms. The van der Waals surface area contributed by atoms with Crippen molar-refractivity contribution >= 4 is 23.3 Å². The Morgan fingerprint density at radius 3 is 2.93 bits per heavy atom. The normalized spacial score (nSPS) is 24.5. The standard InChI is InChI=1S/C22H23ClN4O3/c1-14-18(10-20(28)27(2)26-14)30-13-22(15-6-4-3-5-7-15)11-17(22)21(29)25-19-9-8-16(23)12-24-19/h3-6,8-10,12,15,17H,7,11,13H2,1-2H3,(H,24,25,29)/t15?,17-,22+/m0/s1. The van der Waals surface area contributed by atoms with E-state index < -0.39 is 0 Å². The number of allylic oxidation sites excluding steroid dienone is 4. The maximum absolute atomic E-state index is 12.9. The molecule has 2 aliphatic rings. The first-order valence-corrected chi connectivity index (χ1v) is 10.2. The molecule has 0 radical (unpaired) electrons. The van der Waals surface area contributed by atoms with Gasteiger partial charge < -0.3 is 10.1 Å². The smallest absolute Gasteiger partial charge is 0.270 e. The first-order chi connectivity index (χ1) is 14.4. The molecule has 1 fully saturated rings. The molecule has 4 rings (SSSR count). The molecular formula is C22H23ClN4O3. The Kier molecular flexibility index (Phi) is 5.47. The van der Waals surface area contributed by atoms with E-state index in [2.05, 4.69) is 27.6 Å². The Labute approximate surface area is 179 Å². The lowest BCUT2D eigenvalue weighted by Gasteiger charge is -2.26. The largest absolute Gasteiger partial charge is 0.491 e. The van der Waals surface area contributed by atoms with Crippen LogP contribution in [0.15, 0.2) is 53.5 Å². The fourth-order valence-corrected chi connectivity index (χ4v) is 4.12. The van der Waals surface area contributed by atoms with E-state index in [1.807, 2.05) is 12.2 Å². The van der Waals surface area contributed by atoms with Crippen molar-refractivity contribution in [2.75, 3.05) is 11.9 Å². The number of aryl methyl sites for hydroxylation is 2. The van der Waals surface area contributed by atoms with Crippen LogP contribution in [0.25, 0.3) is 0 Å². The second-order valence-corrected chi connectivity index (χ2v) is 8.28. The van der Waals surface area contributed by atoms with Crippen molar-refractivity contribution in [3.63, 3.8) is 0 Å². The maximum Gasteiger partial charge on any atom is 0.270 e. The minimum absolute atomic E-state index is 0.0878. The zero-order valence-corrected chi connectivity index (χ0v) is 17.6. The molecule has 2 heterocycles. The highest BCUT2D eigenvalue weighted by molar-refractivity contribution is 6.30. The molecule has 1 saturated carbocycles. The first-order valence-electron chi connectivity index (χ1n) is 9.82. The Morgan fingerprint density at radius 1 is 1.40 bits per heavy atom. The summed E-state index contributed by atoms with van der Waals surface area (Å²) in [4.78, 5) is 29.0. The van der Waals surface area contributed by atoms with E-state index in [1.165, 1.54) is 16.9 Å². The molecule has 2 aliphatic carbocycles. The van der Waals surface area contributed by atoms with E-state index in [0.717, 1.165) is 6.42 Å². The van der Waals surface area contributed by atoms with Crippen LogP contribution in [-0.2, 0) is 11.8 Å². The van der Waals surface area contributed by atoms with E-state index >= 15 is 0 Å². The van der Waals surface area contributed by atoms with Gasteiger partial charge in [-0.05, 0) is 37.8 Å². The summed E-state index contributed by atoms with van der Waals surface area (Å²) in [5, 5.41) is 7.57. The van der Waals surface area contributed by atoms with Gasteiger partial charge in [0.15, 0.2) is 0 Å². The number of carbonyl (C=O) groups is 1. The van der Waals surface area contributed by atoms with Gasteiger partial charge in [-0.3, -0.25) is 9.59 Å². The van der Waals surface area contributed by atoms with Crippen molar-refractivity contribution in [2.24, 2.45) is 24.3 Å². The van der Waals surface area contributed by atoms with E-state index in [9.17, 15) is 9.59 Å². The number of hydrogen-bond acceptors (Lipinski definition) is 5. The second kappa shape index (κ2) is 8.07. The number of ether oxygens (including phenoxy) is 1.